The first-order valence-corrected chi connectivity index (χ1v) is 13.0. The molecule has 3 aromatic rings. The number of carbonyl (C=O) groups is 1. The molecule has 2 aromatic carbocycles. The number of fused-ring (bicyclic) bond motifs is 1. The van der Waals surface area contributed by atoms with Crippen LogP contribution in [0.25, 0.3) is 6.08 Å². The van der Waals surface area contributed by atoms with E-state index in [0.29, 0.717) is 37.1 Å². The van der Waals surface area contributed by atoms with Gasteiger partial charge >= 0.3 is 5.97 Å². The number of halogens is 3. The molecule has 0 bridgehead atoms. The Bertz CT molecular complexity index is 1540. The van der Waals surface area contributed by atoms with Gasteiger partial charge in [0.25, 0.3) is 5.56 Å². The van der Waals surface area contributed by atoms with Crippen LogP contribution < -0.4 is 24.4 Å². The molecule has 11 heteroatoms. The Morgan fingerprint density at radius 3 is 2.43 bits per heavy atom. The molecule has 0 spiro atoms. The Balaban J connectivity index is 2.01. The van der Waals surface area contributed by atoms with E-state index < -0.39 is 12.0 Å². The van der Waals surface area contributed by atoms with Crippen LogP contribution in [0.1, 0.15) is 24.1 Å². The van der Waals surface area contributed by atoms with Crippen LogP contribution in [0, 0.1) is 0 Å². The highest BCUT2D eigenvalue weighted by Crippen LogP contribution is 2.37. The molecule has 35 heavy (non-hydrogen) atoms. The molecule has 0 saturated carbocycles. The Morgan fingerprint density at radius 1 is 1.14 bits per heavy atom. The summed E-state index contributed by atoms with van der Waals surface area (Å²) in [5.41, 5.74) is 1.71. The minimum absolute atomic E-state index is 0.238. The Hall–Kier alpha value is -2.40. The highest BCUT2D eigenvalue weighted by molar-refractivity contribution is 9.11. The zero-order valence-electron chi connectivity index (χ0n) is 19.0. The third-order valence-corrected chi connectivity index (χ3v) is 7.83. The second kappa shape index (κ2) is 10.3. The van der Waals surface area contributed by atoms with Crippen molar-refractivity contribution in [2.45, 2.75) is 13.0 Å². The normalized spacial score (nSPS) is 15.5. The van der Waals surface area contributed by atoms with Crippen molar-refractivity contribution in [2.24, 2.45) is 4.99 Å². The van der Waals surface area contributed by atoms with Gasteiger partial charge in [-0.3, -0.25) is 9.36 Å². The third kappa shape index (κ3) is 4.72. The maximum absolute atomic E-state index is 13.7. The monoisotopic (exact) mass is 640 g/mol. The van der Waals surface area contributed by atoms with E-state index in [9.17, 15) is 9.59 Å². The number of aromatic nitrogens is 1. The first-order valence-electron chi connectivity index (χ1n) is 10.2. The van der Waals surface area contributed by atoms with Gasteiger partial charge in [0.2, 0.25) is 0 Å². The lowest BCUT2D eigenvalue weighted by Crippen LogP contribution is -2.40. The van der Waals surface area contributed by atoms with Gasteiger partial charge in [0, 0.05) is 10.6 Å². The summed E-state index contributed by atoms with van der Waals surface area (Å²) in [4.78, 5) is 31.6. The van der Waals surface area contributed by atoms with Crippen LogP contribution in [0.3, 0.4) is 0 Å². The van der Waals surface area contributed by atoms with Crippen LogP contribution in [0.5, 0.6) is 11.5 Å². The van der Waals surface area contributed by atoms with Gasteiger partial charge in [0.15, 0.2) is 4.80 Å². The van der Waals surface area contributed by atoms with E-state index in [1.807, 2.05) is 12.1 Å². The first-order chi connectivity index (χ1) is 16.7. The molecule has 0 fully saturated rings. The summed E-state index contributed by atoms with van der Waals surface area (Å²) >= 11 is 14.5. The lowest BCUT2D eigenvalue weighted by Gasteiger charge is -2.25. The quantitative estimate of drug-likeness (QED) is 0.381. The maximum Gasteiger partial charge on any atom is 0.338 e. The highest BCUT2D eigenvalue weighted by Gasteiger charge is 2.35. The molecule has 0 saturated heterocycles. The molecule has 2 heterocycles. The number of esters is 1. The average molecular weight is 643 g/mol. The SMILES string of the molecule is COC(=O)C1=C(C)N=c2s/c(=C\c3cc(Br)c(OC)c(Br)c3)c(=O)n2[C@@H]1c1cc(Cl)ccc1OC. The zero-order valence-corrected chi connectivity index (χ0v) is 23.8. The van der Waals surface area contributed by atoms with Gasteiger partial charge in [-0.05, 0) is 80.8 Å². The molecule has 1 atom stereocenters. The lowest BCUT2D eigenvalue weighted by molar-refractivity contribution is -0.136. The number of rotatable bonds is 5. The molecule has 0 aliphatic carbocycles. The van der Waals surface area contributed by atoms with Crippen molar-refractivity contribution in [3.63, 3.8) is 0 Å². The smallest absolute Gasteiger partial charge is 0.338 e. The first kappa shape index (κ1) is 25.7. The van der Waals surface area contributed by atoms with Gasteiger partial charge in [-0.2, -0.15) is 0 Å². The van der Waals surface area contributed by atoms with Crippen molar-refractivity contribution in [3.8, 4) is 11.5 Å². The molecule has 1 aliphatic heterocycles. The topological polar surface area (TPSA) is 79.1 Å². The molecule has 0 N–H and O–H groups in total. The largest absolute Gasteiger partial charge is 0.496 e. The fraction of sp³-hybridized carbons (Fsp3) is 0.208. The summed E-state index contributed by atoms with van der Waals surface area (Å²) < 4.78 is 19.4. The number of methoxy groups -OCH3 is 3. The molecule has 0 radical (unpaired) electrons. The van der Waals surface area contributed by atoms with Crippen LogP contribution >= 0.6 is 54.8 Å². The van der Waals surface area contributed by atoms with E-state index in [2.05, 4.69) is 36.9 Å². The van der Waals surface area contributed by atoms with Crippen molar-refractivity contribution < 1.29 is 19.0 Å². The fourth-order valence-corrected chi connectivity index (χ4v) is 6.69. The van der Waals surface area contributed by atoms with Gasteiger partial charge in [-0.15, -0.1) is 0 Å². The molecule has 1 aliphatic rings. The van der Waals surface area contributed by atoms with E-state index in [0.717, 1.165) is 14.5 Å². The molecule has 0 unspecified atom stereocenters. The second-order valence-electron chi connectivity index (χ2n) is 7.48. The molecule has 1 aromatic heterocycles. The van der Waals surface area contributed by atoms with E-state index >= 15 is 0 Å². The molecule has 4 rings (SSSR count). The molecule has 0 amide bonds. The van der Waals surface area contributed by atoms with Gasteiger partial charge in [0.1, 0.15) is 17.5 Å². The summed E-state index contributed by atoms with van der Waals surface area (Å²) in [7, 11) is 4.39. The zero-order chi connectivity index (χ0) is 25.4. The predicted molar refractivity (Wildman–Crippen MR) is 142 cm³/mol. The lowest BCUT2D eigenvalue weighted by atomic mass is 9.95. The number of ether oxygens (including phenoxy) is 3. The van der Waals surface area contributed by atoms with Gasteiger partial charge in [-0.25, -0.2) is 9.79 Å². The fourth-order valence-electron chi connectivity index (χ4n) is 3.91. The minimum Gasteiger partial charge on any atom is -0.496 e. The molecule has 182 valence electrons. The van der Waals surface area contributed by atoms with E-state index in [1.165, 1.54) is 30.1 Å². The number of carbonyl (C=O) groups excluding carboxylic acids is 1. The van der Waals surface area contributed by atoms with Crippen molar-refractivity contribution in [1.29, 1.82) is 0 Å². The summed E-state index contributed by atoms with van der Waals surface area (Å²) in [5.74, 6) is 0.540. The van der Waals surface area contributed by atoms with Crippen molar-refractivity contribution >= 4 is 66.8 Å². The Kier molecular flexibility index (Phi) is 7.56. The Morgan fingerprint density at radius 2 is 1.83 bits per heavy atom. The second-order valence-corrected chi connectivity index (χ2v) is 10.6. The standard InChI is InChI=1S/C24H19Br2ClN2O5S/c1-11-19(23(31)34-4)20(14-10-13(27)5-6-17(14)32-2)29-22(30)18(35-24(29)28-11)9-12-7-15(25)21(33-3)16(26)8-12/h5-10,20H,1-4H3/b18-9-/t20-/m1/s1. The number of thiazole rings is 1. The van der Waals surface area contributed by atoms with E-state index in [1.54, 1.807) is 38.3 Å². The summed E-state index contributed by atoms with van der Waals surface area (Å²) in [6.45, 7) is 1.71. The predicted octanol–water partition coefficient (Wildman–Crippen LogP) is 4.60. The summed E-state index contributed by atoms with van der Waals surface area (Å²) in [5, 5.41) is 0.440. The number of benzene rings is 2. The summed E-state index contributed by atoms with van der Waals surface area (Å²) in [6, 6.07) is 7.94. The Labute approximate surface area is 226 Å². The van der Waals surface area contributed by atoms with Crippen molar-refractivity contribution in [2.75, 3.05) is 21.3 Å². The van der Waals surface area contributed by atoms with Crippen LogP contribution in [0.4, 0.5) is 0 Å². The van der Waals surface area contributed by atoms with Crippen molar-refractivity contribution in [1.82, 2.24) is 4.57 Å². The minimum atomic E-state index is -0.830. The van der Waals surface area contributed by atoms with Crippen LogP contribution in [-0.4, -0.2) is 31.9 Å². The number of allylic oxidation sites excluding steroid dienone is 1. The van der Waals surface area contributed by atoms with Crippen LogP contribution in [0.15, 0.2) is 60.3 Å². The molecule has 7 nitrogen and oxygen atoms in total. The number of nitrogens with zero attached hydrogens (tertiary/aromatic N) is 2. The highest BCUT2D eigenvalue weighted by atomic mass is 79.9. The van der Waals surface area contributed by atoms with Gasteiger partial charge in [0.05, 0.1) is 46.1 Å². The van der Waals surface area contributed by atoms with Gasteiger partial charge in [-0.1, -0.05) is 22.9 Å². The number of hydrogen-bond donors (Lipinski definition) is 0. The van der Waals surface area contributed by atoms with Crippen LogP contribution in [-0.2, 0) is 9.53 Å². The summed E-state index contributed by atoms with van der Waals surface area (Å²) in [6.07, 6.45) is 1.77. The molecular weight excluding hydrogens is 624 g/mol. The molecular formula is C24H19Br2ClN2O5S. The van der Waals surface area contributed by atoms with Crippen LogP contribution in [0.2, 0.25) is 5.02 Å². The maximum atomic E-state index is 13.7. The number of hydrogen-bond acceptors (Lipinski definition) is 7. The van der Waals surface area contributed by atoms with Crippen molar-refractivity contribution in [3.05, 3.63) is 86.4 Å². The third-order valence-electron chi connectivity index (χ3n) is 5.44. The van der Waals surface area contributed by atoms with Gasteiger partial charge < -0.3 is 14.2 Å². The van der Waals surface area contributed by atoms with E-state index in [-0.39, 0.29) is 11.1 Å². The average Bonchev–Trinajstić information content (AvgIpc) is 3.11. The van der Waals surface area contributed by atoms with E-state index in [4.69, 9.17) is 25.8 Å².